The van der Waals surface area contributed by atoms with Crippen LogP contribution in [-0.4, -0.2) is 95.6 Å². The van der Waals surface area contributed by atoms with Crippen molar-refractivity contribution in [1.82, 2.24) is 22.9 Å². The largest absolute Gasteiger partial charge is 0.378 e. The van der Waals surface area contributed by atoms with E-state index in [1.54, 1.807) is 12.1 Å². The molecule has 0 bridgehead atoms. The number of amides is 2. The van der Waals surface area contributed by atoms with Crippen LogP contribution in [0.25, 0.3) is 11.0 Å². The third-order valence-corrected chi connectivity index (χ3v) is 7.35. The lowest BCUT2D eigenvalue weighted by molar-refractivity contribution is -0.154. The molecule has 0 aliphatic carbocycles. The number of hydrogen-bond acceptors (Lipinski definition) is 8. The zero-order chi connectivity index (χ0) is 19.7. The molecule has 2 aliphatic heterocycles. The maximum atomic E-state index is 13.0. The first kappa shape index (κ1) is 19.2. The van der Waals surface area contributed by atoms with Gasteiger partial charge in [0.2, 0.25) is 10.0 Å². The second-order valence-corrected chi connectivity index (χ2v) is 8.92. The lowest BCUT2D eigenvalue weighted by atomic mass is 10.3. The lowest BCUT2D eigenvalue weighted by Crippen LogP contribution is -2.55. The molecule has 0 radical (unpaired) electrons. The predicted octanol–water partition coefficient (Wildman–Crippen LogP) is -0.617. The Morgan fingerprint density at radius 1 is 0.929 bits per heavy atom. The van der Waals surface area contributed by atoms with Crippen molar-refractivity contribution in [3.05, 3.63) is 18.2 Å². The normalized spacial score (nSPS) is 19.1. The van der Waals surface area contributed by atoms with Crippen LogP contribution in [0.2, 0.25) is 0 Å². The highest BCUT2D eigenvalue weighted by atomic mass is 32.2. The Morgan fingerprint density at radius 3 is 2.25 bits per heavy atom. The van der Waals surface area contributed by atoms with Crippen molar-refractivity contribution >= 4 is 44.6 Å². The molecule has 2 fully saturated rings. The zero-order valence-electron chi connectivity index (χ0n) is 15.0. The minimum absolute atomic E-state index is 0.114. The van der Waals surface area contributed by atoms with E-state index >= 15 is 0 Å². The van der Waals surface area contributed by atoms with Gasteiger partial charge in [0.05, 0.1) is 24.9 Å². The molecule has 0 atom stereocenters. The molecule has 150 valence electrons. The molecule has 0 N–H and O–H groups in total. The summed E-state index contributed by atoms with van der Waals surface area (Å²) in [7, 11) is -3.76. The molecular formula is C16H19N5O5S2. The molecule has 2 amide bonds. The van der Waals surface area contributed by atoms with Gasteiger partial charge in [-0.3, -0.25) is 9.59 Å². The van der Waals surface area contributed by atoms with E-state index in [-0.39, 0.29) is 31.1 Å². The van der Waals surface area contributed by atoms with Gasteiger partial charge in [-0.1, -0.05) is 6.07 Å². The van der Waals surface area contributed by atoms with Crippen LogP contribution < -0.4 is 0 Å². The van der Waals surface area contributed by atoms with Gasteiger partial charge in [-0.05, 0) is 12.1 Å². The molecule has 12 heteroatoms. The molecule has 2 aliphatic rings. The van der Waals surface area contributed by atoms with Crippen LogP contribution in [0.4, 0.5) is 0 Å². The summed E-state index contributed by atoms with van der Waals surface area (Å²) in [6, 6.07) is 4.86. The first-order valence-corrected chi connectivity index (χ1v) is 11.0. The quantitative estimate of drug-likeness (QED) is 0.590. The maximum absolute atomic E-state index is 13.0. The number of hydrogen-bond donors (Lipinski definition) is 0. The Hall–Kier alpha value is -2.15. The number of rotatable bonds is 2. The monoisotopic (exact) mass is 425 g/mol. The van der Waals surface area contributed by atoms with Crippen molar-refractivity contribution in [2.75, 3.05) is 52.5 Å². The molecule has 2 aromatic rings. The highest BCUT2D eigenvalue weighted by Crippen LogP contribution is 2.25. The fraction of sp³-hybridized carbons (Fsp3) is 0.500. The summed E-state index contributed by atoms with van der Waals surface area (Å²) in [5.74, 6) is -1.15. The first-order chi connectivity index (χ1) is 13.5. The topological polar surface area (TPSA) is 113 Å². The molecule has 3 heterocycles. The van der Waals surface area contributed by atoms with E-state index in [0.717, 1.165) is 11.7 Å². The van der Waals surface area contributed by atoms with Crippen LogP contribution >= 0.6 is 11.7 Å². The van der Waals surface area contributed by atoms with Crippen molar-refractivity contribution in [3.8, 4) is 0 Å². The smallest absolute Gasteiger partial charge is 0.312 e. The number of fused-ring (bicyclic) bond motifs is 1. The van der Waals surface area contributed by atoms with Crippen molar-refractivity contribution in [1.29, 1.82) is 0 Å². The summed E-state index contributed by atoms with van der Waals surface area (Å²) >= 11 is 0.964. The van der Waals surface area contributed by atoms with E-state index in [9.17, 15) is 18.0 Å². The minimum atomic E-state index is -3.76. The van der Waals surface area contributed by atoms with E-state index in [1.807, 2.05) is 0 Å². The fourth-order valence-corrected chi connectivity index (χ4v) is 5.47. The first-order valence-electron chi connectivity index (χ1n) is 8.86. The number of nitrogens with zero attached hydrogens (tertiary/aromatic N) is 5. The summed E-state index contributed by atoms with van der Waals surface area (Å²) < 4.78 is 40.7. The molecular weight excluding hydrogens is 406 g/mol. The Balaban J connectivity index is 1.44. The summed E-state index contributed by atoms with van der Waals surface area (Å²) in [5.41, 5.74) is 0.893. The van der Waals surface area contributed by atoms with Crippen LogP contribution in [0.3, 0.4) is 0 Å². The molecule has 1 aromatic heterocycles. The fourth-order valence-electron chi connectivity index (χ4n) is 3.30. The SMILES string of the molecule is O=C(C(=O)N1CCN(S(=O)(=O)c2cccc3nsnc23)CC1)N1CCOCC1. The molecule has 0 saturated carbocycles. The van der Waals surface area contributed by atoms with Gasteiger partial charge in [-0.25, -0.2) is 8.42 Å². The summed E-state index contributed by atoms with van der Waals surface area (Å²) in [5, 5.41) is 0. The highest BCUT2D eigenvalue weighted by molar-refractivity contribution is 7.89. The van der Waals surface area contributed by atoms with Crippen LogP contribution in [0.1, 0.15) is 0 Å². The summed E-state index contributed by atoms with van der Waals surface area (Å²) in [6.45, 7) is 2.20. The van der Waals surface area contributed by atoms with Crippen molar-refractivity contribution in [3.63, 3.8) is 0 Å². The predicted molar refractivity (Wildman–Crippen MR) is 100 cm³/mol. The average molecular weight is 425 g/mol. The Morgan fingerprint density at radius 2 is 1.57 bits per heavy atom. The second kappa shape index (κ2) is 7.70. The summed E-state index contributed by atoms with van der Waals surface area (Å²) in [4.78, 5) is 27.8. The number of carbonyl (C=O) groups is 2. The van der Waals surface area contributed by atoms with Gasteiger partial charge < -0.3 is 14.5 Å². The minimum Gasteiger partial charge on any atom is -0.378 e. The van der Waals surface area contributed by atoms with Crippen LogP contribution in [0, 0.1) is 0 Å². The van der Waals surface area contributed by atoms with E-state index in [2.05, 4.69) is 8.75 Å². The van der Waals surface area contributed by atoms with Crippen LogP contribution in [-0.2, 0) is 24.3 Å². The third-order valence-electron chi connectivity index (χ3n) is 4.87. The number of benzene rings is 1. The summed E-state index contributed by atoms with van der Waals surface area (Å²) in [6.07, 6.45) is 0. The van der Waals surface area contributed by atoms with Gasteiger partial charge in [-0.2, -0.15) is 13.1 Å². The van der Waals surface area contributed by atoms with Gasteiger partial charge in [0, 0.05) is 39.3 Å². The number of sulfonamides is 1. The Labute approximate surface area is 166 Å². The van der Waals surface area contributed by atoms with E-state index in [4.69, 9.17) is 4.74 Å². The number of ether oxygens (including phenoxy) is 1. The second-order valence-electron chi connectivity index (χ2n) is 6.49. The standard InChI is InChI=1S/C16H19N5O5S2/c22-15(16(23)20-8-10-26-11-9-20)19-4-6-21(7-5-19)28(24,25)13-3-1-2-12-14(13)18-27-17-12/h1-3H,4-11H2. The van der Waals surface area contributed by atoms with Gasteiger partial charge in [0.1, 0.15) is 15.9 Å². The van der Waals surface area contributed by atoms with Crippen molar-refractivity contribution in [2.45, 2.75) is 4.90 Å². The third kappa shape index (κ3) is 3.48. The van der Waals surface area contributed by atoms with Crippen molar-refractivity contribution < 1.29 is 22.7 Å². The molecule has 28 heavy (non-hydrogen) atoms. The number of morpholine rings is 1. The molecule has 0 unspecified atom stereocenters. The molecule has 10 nitrogen and oxygen atoms in total. The highest BCUT2D eigenvalue weighted by Gasteiger charge is 2.35. The Kier molecular flexibility index (Phi) is 5.27. The van der Waals surface area contributed by atoms with Gasteiger partial charge in [0.25, 0.3) is 0 Å². The van der Waals surface area contributed by atoms with E-state index in [0.29, 0.717) is 37.3 Å². The van der Waals surface area contributed by atoms with Gasteiger partial charge >= 0.3 is 11.8 Å². The Bertz CT molecular complexity index is 994. The number of aromatic nitrogens is 2. The van der Waals surface area contributed by atoms with Gasteiger partial charge in [0.15, 0.2) is 0 Å². The zero-order valence-corrected chi connectivity index (χ0v) is 16.6. The number of piperazine rings is 1. The van der Waals surface area contributed by atoms with Crippen LogP contribution in [0.5, 0.6) is 0 Å². The lowest BCUT2D eigenvalue weighted by Gasteiger charge is -2.35. The van der Waals surface area contributed by atoms with E-state index < -0.39 is 21.8 Å². The van der Waals surface area contributed by atoms with Gasteiger partial charge in [-0.15, -0.1) is 0 Å². The molecule has 0 spiro atoms. The molecule has 1 aromatic carbocycles. The maximum Gasteiger partial charge on any atom is 0.312 e. The van der Waals surface area contributed by atoms with E-state index in [1.165, 1.54) is 20.2 Å². The molecule has 2 saturated heterocycles. The average Bonchev–Trinajstić information content (AvgIpc) is 3.22. The molecule has 4 rings (SSSR count). The number of carbonyl (C=O) groups excluding carboxylic acids is 2. The van der Waals surface area contributed by atoms with Crippen molar-refractivity contribution in [2.24, 2.45) is 0 Å². The van der Waals surface area contributed by atoms with Crippen LogP contribution in [0.15, 0.2) is 23.1 Å².